The molecule has 0 aliphatic carbocycles. The predicted octanol–water partition coefficient (Wildman–Crippen LogP) is 2.98. The highest BCUT2D eigenvalue weighted by atomic mass is 19.4. The first kappa shape index (κ1) is 14.9. The molecule has 0 aromatic carbocycles. The number of carbonyl (C=O) groups excluding carboxylic acids is 2. The zero-order valence-corrected chi connectivity index (χ0v) is 9.10. The van der Waals surface area contributed by atoms with E-state index in [1.165, 1.54) is 0 Å². The van der Waals surface area contributed by atoms with Crippen molar-refractivity contribution in [1.29, 1.82) is 0 Å². The molecule has 94 valence electrons. The lowest BCUT2D eigenvalue weighted by Crippen LogP contribution is -2.13. The fourth-order valence-electron chi connectivity index (χ4n) is 0.983. The van der Waals surface area contributed by atoms with Gasteiger partial charge >= 0.3 is 18.1 Å². The summed E-state index contributed by atoms with van der Waals surface area (Å²) in [4.78, 5) is 21.8. The van der Waals surface area contributed by atoms with Crippen molar-refractivity contribution < 1.29 is 27.5 Å². The molecule has 0 fully saturated rings. The Morgan fingerprint density at radius 1 is 1.06 bits per heavy atom. The van der Waals surface area contributed by atoms with E-state index in [9.17, 15) is 22.8 Å². The highest BCUT2D eigenvalue weighted by Gasteiger charge is 2.26. The SMILES string of the molecule is CCCCC(=O)OC(=O)CCCC(F)(F)F. The molecular formula is C10H15F3O3. The number of hydrogen-bond donors (Lipinski definition) is 0. The zero-order chi connectivity index (χ0) is 12.6. The first-order chi connectivity index (χ1) is 7.35. The standard InChI is InChI=1S/C10H15F3O3/c1-2-3-5-8(14)16-9(15)6-4-7-10(11,12)13/h2-7H2,1H3. The van der Waals surface area contributed by atoms with E-state index in [1.807, 2.05) is 6.92 Å². The number of unbranched alkanes of at least 4 members (excludes halogenated alkanes) is 1. The average Bonchev–Trinajstić information content (AvgIpc) is 2.12. The molecule has 0 aliphatic heterocycles. The van der Waals surface area contributed by atoms with E-state index in [2.05, 4.69) is 4.74 Å². The minimum Gasteiger partial charge on any atom is -0.393 e. The van der Waals surface area contributed by atoms with Gasteiger partial charge in [0.25, 0.3) is 0 Å². The number of hydrogen-bond acceptors (Lipinski definition) is 3. The molecule has 0 unspecified atom stereocenters. The molecule has 0 atom stereocenters. The molecular weight excluding hydrogens is 225 g/mol. The van der Waals surface area contributed by atoms with Gasteiger partial charge in [-0.1, -0.05) is 13.3 Å². The maximum Gasteiger partial charge on any atom is 0.389 e. The quantitative estimate of drug-likeness (QED) is 0.529. The van der Waals surface area contributed by atoms with Crippen LogP contribution >= 0.6 is 0 Å². The monoisotopic (exact) mass is 240 g/mol. The van der Waals surface area contributed by atoms with Gasteiger partial charge in [-0.25, -0.2) is 0 Å². The van der Waals surface area contributed by atoms with E-state index in [-0.39, 0.29) is 19.3 Å². The lowest BCUT2D eigenvalue weighted by Gasteiger charge is -2.05. The van der Waals surface area contributed by atoms with Gasteiger partial charge < -0.3 is 4.74 Å². The third-order valence-corrected chi connectivity index (χ3v) is 1.80. The summed E-state index contributed by atoms with van der Waals surface area (Å²) in [6.07, 6.45) is -4.51. The summed E-state index contributed by atoms with van der Waals surface area (Å²) in [6, 6.07) is 0. The fourth-order valence-corrected chi connectivity index (χ4v) is 0.983. The Morgan fingerprint density at radius 3 is 2.00 bits per heavy atom. The molecule has 0 rings (SSSR count). The molecule has 0 saturated heterocycles. The summed E-state index contributed by atoms with van der Waals surface area (Å²) in [5, 5.41) is 0. The van der Waals surface area contributed by atoms with Crippen LogP contribution in [-0.2, 0) is 14.3 Å². The zero-order valence-electron chi connectivity index (χ0n) is 9.10. The third kappa shape index (κ3) is 9.48. The summed E-state index contributed by atoms with van der Waals surface area (Å²) in [7, 11) is 0. The van der Waals surface area contributed by atoms with Gasteiger partial charge in [-0.05, 0) is 12.8 Å². The van der Waals surface area contributed by atoms with Crippen LogP contribution in [0.2, 0.25) is 0 Å². The molecule has 3 nitrogen and oxygen atoms in total. The van der Waals surface area contributed by atoms with E-state index >= 15 is 0 Å². The molecule has 6 heteroatoms. The summed E-state index contributed by atoms with van der Waals surface area (Å²) in [5.41, 5.74) is 0. The Hall–Kier alpha value is -1.07. The molecule has 0 saturated carbocycles. The van der Waals surface area contributed by atoms with Gasteiger partial charge in [0, 0.05) is 19.3 Å². The van der Waals surface area contributed by atoms with Gasteiger partial charge in [0.05, 0.1) is 0 Å². The van der Waals surface area contributed by atoms with Crippen LogP contribution < -0.4 is 0 Å². The van der Waals surface area contributed by atoms with Gasteiger partial charge in [-0.3, -0.25) is 9.59 Å². The van der Waals surface area contributed by atoms with Crippen molar-refractivity contribution in [3.63, 3.8) is 0 Å². The second-order valence-corrected chi connectivity index (χ2v) is 3.42. The molecule has 0 heterocycles. The highest BCUT2D eigenvalue weighted by molar-refractivity contribution is 5.85. The van der Waals surface area contributed by atoms with Crippen LogP contribution in [0.15, 0.2) is 0 Å². The van der Waals surface area contributed by atoms with Crippen molar-refractivity contribution in [3.05, 3.63) is 0 Å². The summed E-state index contributed by atoms with van der Waals surface area (Å²) >= 11 is 0. The molecule has 0 aliphatic rings. The van der Waals surface area contributed by atoms with Crippen molar-refractivity contribution in [1.82, 2.24) is 0 Å². The molecule has 0 aromatic heterocycles. The normalized spacial score (nSPS) is 11.2. The molecule has 0 N–H and O–H groups in total. The Labute approximate surface area is 92.0 Å². The van der Waals surface area contributed by atoms with Crippen molar-refractivity contribution in [2.75, 3.05) is 0 Å². The average molecular weight is 240 g/mol. The van der Waals surface area contributed by atoms with Crippen LogP contribution in [-0.4, -0.2) is 18.1 Å². The summed E-state index contributed by atoms with van der Waals surface area (Å²) < 4.78 is 39.5. The third-order valence-electron chi connectivity index (χ3n) is 1.80. The van der Waals surface area contributed by atoms with E-state index in [1.54, 1.807) is 0 Å². The molecule has 0 radical (unpaired) electrons. The molecule has 16 heavy (non-hydrogen) atoms. The van der Waals surface area contributed by atoms with Gasteiger partial charge in [0.15, 0.2) is 0 Å². The number of ether oxygens (including phenoxy) is 1. The van der Waals surface area contributed by atoms with Crippen molar-refractivity contribution >= 4 is 11.9 Å². The topological polar surface area (TPSA) is 43.4 Å². The van der Waals surface area contributed by atoms with Crippen LogP contribution in [0.5, 0.6) is 0 Å². The van der Waals surface area contributed by atoms with Gasteiger partial charge in [-0.2, -0.15) is 13.2 Å². The Bertz CT molecular complexity index is 236. The first-order valence-electron chi connectivity index (χ1n) is 5.15. The fraction of sp³-hybridized carbons (Fsp3) is 0.800. The highest BCUT2D eigenvalue weighted by Crippen LogP contribution is 2.22. The van der Waals surface area contributed by atoms with E-state index in [4.69, 9.17) is 0 Å². The summed E-state index contributed by atoms with van der Waals surface area (Å²) in [5.74, 6) is -1.55. The van der Waals surface area contributed by atoms with Crippen molar-refractivity contribution in [2.24, 2.45) is 0 Å². The number of alkyl halides is 3. The number of rotatable bonds is 6. The largest absolute Gasteiger partial charge is 0.393 e. The lowest BCUT2D eigenvalue weighted by atomic mass is 10.2. The van der Waals surface area contributed by atoms with Crippen LogP contribution in [0.4, 0.5) is 13.2 Å². The lowest BCUT2D eigenvalue weighted by molar-refractivity contribution is -0.160. The minimum absolute atomic E-state index is 0.126. The number of halogens is 3. The molecule has 0 spiro atoms. The maximum absolute atomic E-state index is 11.7. The Balaban J connectivity index is 3.62. The van der Waals surface area contributed by atoms with Crippen molar-refractivity contribution in [2.45, 2.75) is 51.6 Å². The number of esters is 2. The van der Waals surface area contributed by atoms with Crippen LogP contribution in [0, 0.1) is 0 Å². The summed E-state index contributed by atoms with van der Waals surface area (Å²) in [6.45, 7) is 1.87. The van der Waals surface area contributed by atoms with Crippen molar-refractivity contribution in [3.8, 4) is 0 Å². The van der Waals surface area contributed by atoms with Crippen LogP contribution in [0.1, 0.15) is 45.4 Å². The van der Waals surface area contributed by atoms with Gasteiger partial charge in [0.1, 0.15) is 0 Å². The maximum atomic E-state index is 11.7. The second-order valence-electron chi connectivity index (χ2n) is 3.42. The number of carbonyl (C=O) groups is 2. The first-order valence-corrected chi connectivity index (χ1v) is 5.15. The Kier molecular flexibility index (Phi) is 6.76. The molecule has 0 amide bonds. The van der Waals surface area contributed by atoms with Gasteiger partial charge in [-0.15, -0.1) is 0 Å². The van der Waals surface area contributed by atoms with E-state index < -0.39 is 24.5 Å². The second kappa shape index (κ2) is 7.24. The predicted molar refractivity (Wildman–Crippen MR) is 50.5 cm³/mol. The molecule has 0 bridgehead atoms. The van der Waals surface area contributed by atoms with E-state index in [0.717, 1.165) is 6.42 Å². The smallest absolute Gasteiger partial charge is 0.389 e. The Morgan fingerprint density at radius 2 is 1.56 bits per heavy atom. The minimum atomic E-state index is -4.27. The van der Waals surface area contributed by atoms with E-state index in [0.29, 0.717) is 6.42 Å². The molecule has 0 aromatic rings. The van der Waals surface area contributed by atoms with Crippen LogP contribution in [0.3, 0.4) is 0 Å². The van der Waals surface area contributed by atoms with Gasteiger partial charge in [0.2, 0.25) is 0 Å². The van der Waals surface area contributed by atoms with Crippen LogP contribution in [0.25, 0.3) is 0 Å².